The van der Waals surface area contributed by atoms with Gasteiger partial charge in [-0.15, -0.1) is 0 Å². The van der Waals surface area contributed by atoms with E-state index in [0.717, 1.165) is 6.92 Å². The number of nitrogens with zero attached hydrogens (tertiary/aromatic N) is 1. The van der Waals surface area contributed by atoms with Gasteiger partial charge in [-0.25, -0.2) is 4.79 Å². The molecule has 2 heterocycles. The molecule has 6 nitrogen and oxygen atoms in total. The highest BCUT2D eigenvalue weighted by Gasteiger charge is 2.65. The monoisotopic (exact) mass is 303 g/mol. The maximum absolute atomic E-state index is 13.1. The highest BCUT2D eigenvalue weighted by atomic mass is 19.4. The molecule has 3 atom stereocenters. The fraction of sp³-hybridized carbons (Fsp3) is 0.417. The standard InChI is InChI=1S/C12H12F3N3O3/c1-6(19)8-9(7-3-2-4-16-5-7)17-10(20)18-11(8,21)12(13,14)15/h2-5,8-9,21H,1H3,(H2,17,18,20). The van der Waals surface area contributed by atoms with Gasteiger partial charge in [-0.05, 0) is 18.6 Å². The third-order valence-corrected chi connectivity index (χ3v) is 3.29. The SMILES string of the molecule is CC(=O)C1C(c2cccnc2)NC(=O)NC1(O)C(F)(F)F. The number of Topliss-reactive ketones (excluding diaryl/α,β-unsaturated/α-hetero) is 1. The third-order valence-electron chi connectivity index (χ3n) is 3.29. The van der Waals surface area contributed by atoms with Crippen molar-refractivity contribution in [3.05, 3.63) is 30.1 Å². The molecule has 1 aliphatic rings. The zero-order chi connectivity index (χ0) is 15.8. The predicted octanol–water partition coefficient (Wildman–Crippen LogP) is 0.892. The van der Waals surface area contributed by atoms with E-state index in [2.05, 4.69) is 10.3 Å². The normalized spacial score (nSPS) is 29.5. The minimum absolute atomic E-state index is 0.190. The van der Waals surface area contributed by atoms with Crippen LogP contribution in [0.15, 0.2) is 24.5 Å². The molecule has 1 aromatic heterocycles. The average molecular weight is 303 g/mol. The predicted molar refractivity (Wildman–Crippen MR) is 63.8 cm³/mol. The van der Waals surface area contributed by atoms with E-state index in [-0.39, 0.29) is 5.56 Å². The van der Waals surface area contributed by atoms with E-state index in [1.807, 2.05) is 0 Å². The molecular formula is C12H12F3N3O3. The Bertz CT molecular complexity index is 564. The van der Waals surface area contributed by atoms with Gasteiger partial charge in [-0.2, -0.15) is 13.2 Å². The van der Waals surface area contributed by atoms with E-state index in [9.17, 15) is 27.9 Å². The summed E-state index contributed by atoms with van der Waals surface area (Å²) >= 11 is 0. The lowest BCUT2D eigenvalue weighted by molar-refractivity contribution is -0.290. The molecule has 0 saturated carbocycles. The molecule has 0 spiro atoms. The first kappa shape index (κ1) is 15.2. The first-order valence-corrected chi connectivity index (χ1v) is 5.95. The highest BCUT2D eigenvalue weighted by molar-refractivity contribution is 5.86. The fourth-order valence-corrected chi connectivity index (χ4v) is 2.36. The van der Waals surface area contributed by atoms with Crippen molar-refractivity contribution >= 4 is 11.8 Å². The van der Waals surface area contributed by atoms with Crippen molar-refractivity contribution in [3.8, 4) is 0 Å². The van der Waals surface area contributed by atoms with Crippen molar-refractivity contribution in [3.63, 3.8) is 0 Å². The zero-order valence-corrected chi connectivity index (χ0v) is 10.8. The lowest BCUT2D eigenvalue weighted by atomic mass is 9.80. The van der Waals surface area contributed by atoms with Crippen LogP contribution in [0.3, 0.4) is 0 Å². The molecule has 0 aliphatic carbocycles. The molecule has 114 valence electrons. The number of nitrogens with one attached hydrogen (secondary N) is 2. The second-order valence-electron chi connectivity index (χ2n) is 4.71. The van der Waals surface area contributed by atoms with Crippen molar-refractivity contribution in [1.29, 1.82) is 0 Å². The van der Waals surface area contributed by atoms with Crippen molar-refractivity contribution in [2.75, 3.05) is 0 Å². The van der Waals surface area contributed by atoms with E-state index in [1.54, 1.807) is 0 Å². The number of halogens is 3. The Labute approximate surface area is 117 Å². The number of carbonyl (C=O) groups excluding carboxylic acids is 2. The largest absolute Gasteiger partial charge is 0.437 e. The number of urea groups is 1. The van der Waals surface area contributed by atoms with Gasteiger partial charge in [0.2, 0.25) is 5.72 Å². The first-order valence-electron chi connectivity index (χ1n) is 5.95. The fourth-order valence-electron chi connectivity index (χ4n) is 2.36. The Kier molecular flexibility index (Phi) is 3.62. The maximum Gasteiger partial charge on any atom is 0.437 e. The molecule has 1 saturated heterocycles. The van der Waals surface area contributed by atoms with Crippen LogP contribution in [-0.2, 0) is 4.79 Å². The van der Waals surface area contributed by atoms with Crippen LogP contribution in [0.4, 0.5) is 18.0 Å². The van der Waals surface area contributed by atoms with E-state index in [4.69, 9.17) is 0 Å². The molecule has 9 heteroatoms. The molecular weight excluding hydrogens is 291 g/mol. The summed E-state index contributed by atoms with van der Waals surface area (Å²) in [6.45, 7) is 0.921. The van der Waals surface area contributed by atoms with Crippen LogP contribution < -0.4 is 10.6 Å². The summed E-state index contributed by atoms with van der Waals surface area (Å²) in [7, 11) is 0. The van der Waals surface area contributed by atoms with Gasteiger partial charge in [0.25, 0.3) is 0 Å². The maximum atomic E-state index is 13.1. The summed E-state index contributed by atoms with van der Waals surface area (Å²) in [5, 5.41) is 13.5. The molecule has 1 aromatic rings. The number of aliphatic hydroxyl groups is 1. The summed E-state index contributed by atoms with van der Waals surface area (Å²) in [6, 6.07) is 0.307. The molecule has 1 aliphatic heterocycles. The number of carbonyl (C=O) groups is 2. The Morgan fingerprint density at radius 3 is 2.62 bits per heavy atom. The summed E-state index contributed by atoms with van der Waals surface area (Å²) in [6.07, 6.45) is -2.59. The second kappa shape index (κ2) is 4.99. The number of hydrogen-bond acceptors (Lipinski definition) is 4. The molecule has 0 aromatic carbocycles. The van der Waals surface area contributed by atoms with Gasteiger partial charge in [0, 0.05) is 12.4 Å². The van der Waals surface area contributed by atoms with Crippen LogP contribution in [0.1, 0.15) is 18.5 Å². The minimum atomic E-state index is -5.21. The number of rotatable bonds is 2. The Hall–Kier alpha value is -2.16. The van der Waals surface area contributed by atoms with E-state index in [0.29, 0.717) is 0 Å². The lowest BCUT2D eigenvalue weighted by Crippen LogP contribution is -2.72. The minimum Gasteiger partial charge on any atom is -0.363 e. The van der Waals surface area contributed by atoms with Gasteiger partial charge in [-0.3, -0.25) is 9.78 Å². The van der Waals surface area contributed by atoms with E-state index < -0.39 is 35.7 Å². The van der Waals surface area contributed by atoms with Crippen LogP contribution in [-0.4, -0.2) is 33.8 Å². The zero-order valence-electron chi connectivity index (χ0n) is 10.8. The van der Waals surface area contributed by atoms with Gasteiger partial charge in [0.1, 0.15) is 5.78 Å². The molecule has 3 unspecified atom stereocenters. The summed E-state index contributed by atoms with van der Waals surface area (Å²) in [4.78, 5) is 26.9. The van der Waals surface area contributed by atoms with E-state index >= 15 is 0 Å². The average Bonchev–Trinajstić information content (AvgIpc) is 2.37. The topological polar surface area (TPSA) is 91.3 Å². The Morgan fingerprint density at radius 2 is 2.14 bits per heavy atom. The number of pyridine rings is 1. The summed E-state index contributed by atoms with van der Waals surface area (Å²) in [5.74, 6) is -2.85. The number of aromatic nitrogens is 1. The van der Waals surface area contributed by atoms with Gasteiger partial charge in [0.15, 0.2) is 0 Å². The van der Waals surface area contributed by atoms with Crippen molar-refractivity contribution < 1.29 is 27.9 Å². The smallest absolute Gasteiger partial charge is 0.363 e. The molecule has 2 amide bonds. The number of hydrogen-bond donors (Lipinski definition) is 3. The van der Waals surface area contributed by atoms with E-state index in [1.165, 1.54) is 29.8 Å². The molecule has 2 rings (SSSR count). The van der Waals surface area contributed by atoms with Crippen LogP contribution in [0.5, 0.6) is 0 Å². The number of alkyl halides is 3. The Balaban J connectivity index is 2.54. The van der Waals surface area contributed by atoms with Crippen LogP contribution in [0.25, 0.3) is 0 Å². The first-order chi connectivity index (χ1) is 9.67. The van der Waals surface area contributed by atoms with Gasteiger partial charge >= 0.3 is 12.2 Å². The molecule has 0 radical (unpaired) electrons. The van der Waals surface area contributed by atoms with Crippen molar-refractivity contribution in [2.45, 2.75) is 24.9 Å². The Morgan fingerprint density at radius 1 is 1.48 bits per heavy atom. The number of ketones is 1. The third kappa shape index (κ3) is 2.56. The number of amides is 2. The molecule has 1 fully saturated rings. The summed E-state index contributed by atoms with van der Waals surface area (Å²) in [5.41, 5.74) is -3.45. The van der Waals surface area contributed by atoms with Crippen LogP contribution in [0, 0.1) is 5.92 Å². The van der Waals surface area contributed by atoms with Gasteiger partial charge in [0.05, 0.1) is 12.0 Å². The van der Waals surface area contributed by atoms with Crippen molar-refractivity contribution in [1.82, 2.24) is 15.6 Å². The van der Waals surface area contributed by atoms with Gasteiger partial charge < -0.3 is 15.7 Å². The quantitative estimate of drug-likeness (QED) is 0.757. The summed E-state index contributed by atoms with van der Waals surface area (Å²) < 4.78 is 39.4. The van der Waals surface area contributed by atoms with Crippen LogP contribution >= 0.6 is 0 Å². The van der Waals surface area contributed by atoms with Gasteiger partial charge in [-0.1, -0.05) is 6.07 Å². The van der Waals surface area contributed by atoms with Crippen molar-refractivity contribution in [2.24, 2.45) is 5.92 Å². The second-order valence-corrected chi connectivity index (χ2v) is 4.71. The highest BCUT2D eigenvalue weighted by Crippen LogP contribution is 2.42. The molecule has 3 N–H and O–H groups in total. The molecule has 0 bridgehead atoms. The van der Waals surface area contributed by atoms with Crippen LogP contribution in [0.2, 0.25) is 0 Å². The molecule has 21 heavy (non-hydrogen) atoms. The lowest BCUT2D eigenvalue weighted by Gasteiger charge is -2.44.